The number of hydrogen-bond acceptors (Lipinski definition) is 2. The number of rotatable bonds is 5. The van der Waals surface area contributed by atoms with Crippen LogP contribution in [0.25, 0.3) is 0 Å². The predicted octanol–water partition coefficient (Wildman–Crippen LogP) is 3.56. The van der Waals surface area contributed by atoms with Crippen molar-refractivity contribution in [3.8, 4) is 0 Å². The summed E-state index contributed by atoms with van der Waals surface area (Å²) in [5, 5.41) is 6.29. The van der Waals surface area contributed by atoms with Gasteiger partial charge in [0.15, 0.2) is 0 Å². The number of carbonyl (C=O) groups is 1. The molecule has 1 aromatic rings. The Labute approximate surface area is 123 Å². The van der Waals surface area contributed by atoms with E-state index in [1.165, 1.54) is 5.56 Å². The van der Waals surface area contributed by atoms with Crippen LogP contribution in [0.5, 0.6) is 0 Å². The van der Waals surface area contributed by atoms with E-state index in [1.54, 1.807) is 0 Å². The maximum atomic E-state index is 12.0. The molecule has 0 heterocycles. The van der Waals surface area contributed by atoms with Crippen LogP contribution < -0.4 is 10.6 Å². The maximum absolute atomic E-state index is 12.0. The summed E-state index contributed by atoms with van der Waals surface area (Å²) in [7, 11) is 0. The number of benzene rings is 1. The van der Waals surface area contributed by atoms with Gasteiger partial charge in [-0.05, 0) is 29.9 Å². The second-order valence-electron chi connectivity index (χ2n) is 6.80. The molecule has 1 amide bonds. The summed E-state index contributed by atoms with van der Waals surface area (Å²) in [5.41, 5.74) is 2.31. The molecule has 0 aliphatic heterocycles. The lowest BCUT2D eigenvalue weighted by Crippen LogP contribution is -2.39. The van der Waals surface area contributed by atoms with E-state index in [9.17, 15) is 4.79 Å². The van der Waals surface area contributed by atoms with E-state index in [1.807, 2.05) is 25.1 Å². The van der Waals surface area contributed by atoms with E-state index < -0.39 is 0 Å². The number of hydrogen-bond donors (Lipinski definition) is 2. The Hall–Kier alpha value is -1.51. The molecule has 0 aromatic heterocycles. The van der Waals surface area contributed by atoms with E-state index in [2.05, 4.69) is 51.3 Å². The Balaban J connectivity index is 2.76. The van der Waals surface area contributed by atoms with E-state index in [4.69, 9.17) is 0 Å². The van der Waals surface area contributed by atoms with E-state index in [0.29, 0.717) is 12.5 Å². The Bertz CT molecular complexity index is 447. The fourth-order valence-corrected chi connectivity index (χ4v) is 2.02. The third-order valence-electron chi connectivity index (χ3n) is 3.18. The van der Waals surface area contributed by atoms with Gasteiger partial charge in [-0.15, -0.1) is 0 Å². The van der Waals surface area contributed by atoms with Crippen molar-refractivity contribution >= 4 is 11.6 Å². The van der Waals surface area contributed by atoms with Gasteiger partial charge in [0.05, 0.1) is 0 Å². The van der Waals surface area contributed by atoms with Crippen molar-refractivity contribution in [3.63, 3.8) is 0 Å². The third kappa shape index (κ3) is 4.87. The number of para-hydroxylation sites is 1. The topological polar surface area (TPSA) is 41.1 Å². The van der Waals surface area contributed by atoms with Crippen molar-refractivity contribution in [2.45, 2.75) is 53.0 Å². The fraction of sp³-hybridized carbons (Fsp3) is 0.588. The van der Waals surface area contributed by atoms with Crippen LogP contribution in [-0.4, -0.2) is 18.5 Å². The van der Waals surface area contributed by atoms with Crippen molar-refractivity contribution in [2.24, 2.45) is 5.92 Å². The molecular formula is C17H28N2O. The van der Waals surface area contributed by atoms with E-state index in [0.717, 1.165) is 5.69 Å². The van der Waals surface area contributed by atoms with Crippen molar-refractivity contribution in [3.05, 3.63) is 29.8 Å². The molecular weight excluding hydrogens is 248 g/mol. The third-order valence-corrected chi connectivity index (χ3v) is 3.18. The zero-order valence-corrected chi connectivity index (χ0v) is 13.6. The van der Waals surface area contributed by atoms with Gasteiger partial charge in [-0.2, -0.15) is 0 Å². The smallest absolute Gasteiger partial charge is 0.242 e. The molecule has 0 spiro atoms. The fourth-order valence-electron chi connectivity index (χ4n) is 2.02. The van der Waals surface area contributed by atoms with Gasteiger partial charge in [-0.1, -0.05) is 52.8 Å². The number of carbonyl (C=O) groups excluding carboxylic acids is 1. The van der Waals surface area contributed by atoms with Crippen LogP contribution in [0.1, 0.15) is 47.1 Å². The first-order valence-electron chi connectivity index (χ1n) is 7.35. The quantitative estimate of drug-likeness (QED) is 0.863. The molecule has 20 heavy (non-hydrogen) atoms. The summed E-state index contributed by atoms with van der Waals surface area (Å²) in [6.07, 6.45) is 0. The Kier molecular flexibility index (Phi) is 5.61. The van der Waals surface area contributed by atoms with Crippen molar-refractivity contribution < 1.29 is 4.79 Å². The van der Waals surface area contributed by atoms with Crippen LogP contribution in [0.3, 0.4) is 0 Å². The first-order valence-corrected chi connectivity index (χ1v) is 7.35. The molecule has 0 saturated heterocycles. The largest absolute Gasteiger partial charge is 0.374 e. The van der Waals surface area contributed by atoms with Crippen LogP contribution in [0.2, 0.25) is 0 Å². The van der Waals surface area contributed by atoms with E-state index in [-0.39, 0.29) is 17.4 Å². The molecule has 1 rings (SSSR count). The Morgan fingerprint density at radius 2 is 1.75 bits per heavy atom. The molecule has 1 unspecified atom stereocenters. The van der Waals surface area contributed by atoms with Crippen molar-refractivity contribution in [1.82, 2.24) is 5.32 Å². The van der Waals surface area contributed by atoms with Gasteiger partial charge in [0.25, 0.3) is 0 Å². The zero-order chi connectivity index (χ0) is 15.3. The van der Waals surface area contributed by atoms with Gasteiger partial charge in [0, 0.05) is 12.2 Å². The maximum Gasteiger partial charge on any atom is 0.242 e. The molecule has 0 bridgehead atoms. The second kappa shape index (κ2) is 6.78. The summed E-state index contributed by atoms with van der Waals surface area (Å²) in [6, 6.07) is 7.94. The molecule has 3 heteroatoms. The molecule has 0 aliphatic rings. The summed E-state index contributed by atoms with van der Waals surface area (Å²) < 4.78 is 0. The Morgan fingerprint density at radius 1 is 1.15 bits per heavy atom. The molecule has 0 aliphatic carbocycles. The molecule has 112 valence electrons. The molecule has 2 N–H and O–H groups in total. The molecule has 0 radical (unpaired) electrons. The first kappa shape index (κ1) is 16.5. The molecule has 3 nitrogen and oxygen atoms in total. The second-order valence-corrected chi connectivity index (χ2v) is 6.80. The summed E-state index contributed by atoms with van der Waals surface area (Å²) in [6.45, 7) is 13.3. The van der Waals surface area contributed by atoms with Crippen LogP contribution in [0.15, 0.2) is 24.3 Å². The van der Waals surface area contributed by atoms with Crippen LogP contribution in [0.4, 0.5) is 5.69 Å². The monoisotopic (exact) mass is 276 g/mol. The average molecular weight is 276 g/mol. The number of anilines is 1. The summed E-state index contributed by atoms with van der Waals surface area (Å²) in [5.74, 6) is 0.510. The van der Waals surface area contributed by atoms with Crippen molar-refractivity contribution in [2.75, 3.05) is 11.9 Å². The lowest BCUT2D eigenvalue weighted by atomic mass is 9.85. The highest BCUT2D eigenvalue weighted by Crippen LogP contribution is 2.29. The normalized spacial score (nSPS) is 13.2. The van der Waals surface area contributed by atoms with Crippen LogP contribution >= 0.6 is 0 Å². The van der Waals surface area contributed by atoms with Gasteiger partial charge >= 0.3 is 0 Å². The molecule has 0 fully saturated rings. The van der Waals surface area contributed by atoms with Crippen molar-refractivity contribution in [1.29, 1.82) is 0 Å². The molecule has 0 saturated carbocycles. The summed E-state index contributed by atoms with van der Waals surface area (Å²) in [4.78, 5) is 12.0. The SMILES string of the molecule is CC(C)CNC(=O)C(C)Nc1ccccc1C(C)(C)C. The van der Waals surface area contributed by atoms with Gasteiger partial charge in [0.2, 0.25) is 5.91 Å². The van der Waals surface area contributed by atoms with Crippen LogP contribution in [0, 0.1) is 5.92 Å². The highest BCUT2D eigenvalue weighted by molar-refractivity contribution is 5.84. The van der Waals surface area contributed by atoms with Gasteiger partial charge in [-0.3, -0.25) is 4.79 Å². The number of amides is 1. The number of nitrogens with one attached hydrogen (secondary N) is 2. The highest BCUT2D eigenvalue weighted by atomic mass is 16.2. The highest BCUT2D eigenvalue weighted by Gasteiger charge is 2.20. The Morgan fingerprint density at radius 3 is 2.30 bits per heavy atom. The minimum atomic E-state index is -0.239. The zero-order valence-electron chi connectivity index (χ0n) is 13.6. The molecule has 1 atom stereocenters. The lowest BCUT2D eigenvalue weighted by molar-refractivity contribution is -0.121. The summed E-state index contributed by atoms with van der Waals surface area (Å²) >= 11 is 0. The minimum Gasteiger partial charge on any atom is -0.374 e. The standard InChI is InChI=1S/C17H28N2O/c1-12(2)11-18-16(20)13(3)19-15-10-8-7-9-14(15)17(4,5)6/h7-10,12-13,19H,11H2,1-6H3,(H,18,20). The minimum absolute atomic E-state index is 0.0439. The van der Waals surface area contributed by atoms with Gasteiger partial charge in [-0.25, -0.2) is 0 Å². The van der Waals surface area contributed by atoms with Gasteiger partial charge in [0.1, 0.15) is 6.04 Å². The predicted molar refractivity (Wildman–Crippen MR) is 86.1 cm³/mol. The van der Waals surface area contributed by atoms with E-state index >= 15 is 0 Å². The molecule has 1 aromatic carbocycles. The van der Waals surface area contributed by atoms with Crippen LogP contribution in [-0.2, 0) is 10.2 Å². The average Bonchev–Trinajstić information content (AvgIpc) is 2.35. The van der Waals surface area contributed by atoms with Gasteiger partial charge < -0.3 is 10.6 Å². The first-order chi connectivity index (χ1) is 9.21. The lowest BCUT2D eigenvalue weighted by Gasteiger charge is -2.25.